The molecule has 1 aromatic heterocycles. The minimum atomic E-state index is -0.572. The lowest BCUT2D eigenvalue weighted by Gasteiger charge is -2.08. The number of benzene rings is 1. The van der Waals surface area contributed by atoms with E-state index in [9.17, 15) is 14.9 Å². The van der Waals surface area contributed by atoms with Crippen LogP contribution in [0.3, 0.4) is 0 Å². The summed E-state index contributed by atoms with van der Waals surface area (Å²) >= 11 is 0. The first-order valence-corrected chi connectivity index (χ1v) is 7.27. The van der Waals surface area contributed by atoms with Gasteiger partial charge in [-0.15, -0.1) is 0 Å². The molecule has 1 aliphatic rings. The largest absolute Gasteiger partial charge is 0.432 e. The molecule has 2 aromatic rings. The van der Waals surface area contributed by atoms with E-state index in [1.807, 2.05) is 6.92 Å². The van der Waals surface area contributed by atoms with Gasteiger partial charge in [0.25, 0.3) is 0 Å². The highest BCUT2D eigenvalue weighted by atomic mass is 16.6. The second-order valence-electron chi connectivity index (χ2n) is 5.58. The molecule has 23 heavy (non-hydrogen) atoms. The predicted molar refractivity (Wildman–Crippen MR) is 81.9 cm³/mol. The molecule has 0 N–H and O–H groups in total. The first-order chi connectivity index (χ1) is 10.9. The number of nitrogens with zero attached hydrogens (tertiary/aromatic N) is 3. The number of nitro benzene ring substituents is 1. The Labute approximate surface area is 132 Å². The van der Waals surface area contributed by atoms with E-state index < -0.39 is 4.92 Å². The molecular weight excluding hydrogens is 298 g/mol. The van der Waals surface area contributed by atoms with Gasteiger partial charge in [0.1, 0.15) is 5.82 Å². The van der Waals surface area contributed by atoms with E-state index >= 15 is 0 Å². The Bertz CT molecular complexity index is 800. The van der Waals surface area contributed by atoms with Crippen molar-refractivity contribution >= 4 is 11.5 Å². The molecule has 1 fully saturated rings. The van der Waals surface area contributed by atoms with Gasteiger partial charge in [-0.1, -0.05) is 0 Å². The third-order valence-electron chi connectivity index (χ3n) is 3.57. The molecule has 0 atom stereocenters. The molecule has 0 amide bonds. The van der Waals surface area contributed by atoms with Crippen LogP contribution < -0.4 is 4.74 Å². The number of hydrogen-bond acceptors (Lipinski definition) is 6. The second-order valence-corrected chi connectivity index (χ2v) is 5.58. The Morgan fingerprint density at radius 3 is 2.65 bits per heavy atom. The highest BCUT2D eigenvalue weighted by molar-refractivity contribution is 5.95. The molecule has 7 heteroatoms. The van der Waals surface area contributed by atoms with Crippen LogP contribution in [0, 0.1) is 17.0 Å². The third-order valence-corrected chi connectivity index (χ3v) is 3.57. The Morgan fingerprint density at radius 1 is 1.30 bits per heavy atom. The fourth-order valence-corrected chi connectivity index (χ4v) is 2.22. The van der Waals surface area contributed by atoms with Gasteiger partial charge in [-0.3, -0.25) is 14.9 Å². The van der Waals surface area contributed by atoms with Crippen LogP contribution in [0.15, 0.2) is 24.3 Å². The van der Waals surface area contributed by atoms with E-state index in [-0.39, 0.29) is 28.7 Å². The number of hydrogen-bond donors (Lipinski definition) is 0. The lowest BCUT2D eigenvalue weighted by atomic mass is 10.1. The summed E-state index contributed by atoms with van der Waals surface area (Å²) in [6, 6.07) is 5.77. The van der Waals surface area contributed by atoms with Crippen LogP contribution >= 0.6 is 0 Å². The highest BCUT2D eigenvalue weighted by Gasteiger charge is 2.27. The number of ketones is 1. The van der Waals surface area contributed by atoms with Crippen molar-refractivity contribution in [2.24, 2.45) is 0 Å². The summed E-state index contributed by atoms with van der Waals surface area (Å²) in [6.45, 7) is 3.18. The monoisotopic (exact) mass is 313 g/mol. The zero-order valence-corrected chi connectivity index (χ0v) is 12.8. The van der Waals surface area contributed by atoms with Crippen molar-refractivity contribution in [3.8, 4) is 11.6 Å². The van der Waals surface area contributed by atoms with E-state index in [1.165, 1.54) is 25.1 Å². The topological polar surface area (TPSA) is 95.2 Å². The van der Waals surface area contributed by atoms with Gasteiger partial charge in [-0.25, -0.2) is 4.98 Å². The van der Waals surface area contributed by atoms with Crippen molar-refractivity contribution in [3.05, 3.63) is 51.5 Å². The number of rotatable bonds is 5. The number of ether oxygens (including phenoxy) is 1. The summed E-state index contributed by atoms with van der Waals surface area (Å²) in [4.78, 5) is 30.7. The van der Waals surface area contributed by atoms with Gasteiger partial charge in [0, 0.05) is 29.3 Å². The lowest BCUT2D eigenvalue weighted by Crippen LogP contribution is -2.01. The maximum absolute atomic E-state index is 11.4. The molecule has 0 radical (unpaired) electrons. The number of aryl methyl sites for hydroxylation is 1. The first kappa shape index (κ1) is 15.1. The van der Waals surface area contributed by atoms with Crippen LogP contribution in [-0.4, -0.2) is 20.7 Å². The predicted octanol–water partition coefficient (Wildman–Crippen LogP) is 3.57. The Hall–Kier alpha value is -2.83. The van der Waals surface area contributed by atoms with E-state index in [0.717, 1.165) is 18.5 Å². The van der Waals surface area contributed by atoms with Gasteiger partial charge >= 0.3 is 5.69 Å². The average Bonchev–Trinajstić information content (AvgIpc) is 3.31. The van der Waals surface area contributed by atoms with Crippen LogP contribution in [-0.2, 0) is 0 Å². The number of carbonyl (C=O) groups excluding carboxylic acids is 1. The number of carbonyl (C=O) groups is 1. The molecule has 0 bridgehead atoms. The molecule has 0 unspecified atom stereocenters. The fraction of sp³-hybridized carbons (Fsp3) is 0.312. The minimum absolute atomic E-state index is 0.0554. The molecular formula is C16H15N3O4. The van der Waals surface area contributed by atoms with Crippen molar-refractivity contribution in [3.63, 3.8) is 0 Å². The molecule has 1 aromatic carbocycles. The minimum Gasteiger partial charge on any atom is -0.432 e. The smallest absolute Gasteiger partial charge is 0.312 e. The average molecular weight is 313 g/mol. The van der Waals surface area contributed by atoms with Crippen LogP contribution in [0.2, 0.25) is 0 Å². The summed E-state index contributed by atoms with van der Waals surface area (Å²) in [5.41, 5.74) is 0.753. The zero-order valence-electron chi connectivity index (χ0n) is 12.8. The maximum Gasteiger partial charge on any atom is 0.312 e. The van der Waals surface area contributed by atoms with Gasteiger partial charge in [-0.2, -0.15) is 4.98 Å². The zero-order chi connectivity index (χ0) is 16.6. The summed E-state index contributed by atoms with van der Waals surface area (Å²) in [5, 5.41) is 11.2. The summed E-state index contributed by atoms with van der Waals surface area (Å²) in [7, 11) is 0. The Balaban J connectivity index is 1.96. The molecule has 1 saturated carbocycles. The van der Waals surface area contributed by atoms with Gasteiger partial charge in [0.05, 0.1) is 4.92 Å². The van der Waals surface area contributed by atoms with E-state index in [0.29, 0.717) is 11.7 Å². The fourth-order valence-electron chi connectivity index (χ4n) is 2.22. The number of nitro groups is 1. The lowest BCUT2D eigenvalue weighted by molar-refractivity contribution is -0.385. The van der Waals surface area contributed by atoms with Crippen molar-refractivity contribution in [2.45, 2.75) is 32.6 Å². The van der Waals surface area contributed by atoms with Gasteiger partial charge in [-0.05, 0) is 38.8 Å². The molecule has 3 rings (SSSR count). The van der Waals surface area contributed by atoms with Gasteiger partial charge in [0.15, 0.2) is 5.78 Å². The van der Waals surface area contributed by atoms with Crippen molar-refractivity contribution in [1.82, 2.24) is 9.97 Å². The standard InChI is InChI=1S/C16H15N3O4/c1-9-7-15(18-16(17-9)11-3-4-11)23-14-6-5-12(10(2)20)8-13(14)19(21)22/h5-8,11H,3-4H2,1-2H3. The molecule has 118 valence electrons. The van der Waals surface area contributed by atoms with Crippen LogP contribution in [0.4, 0.5) is 5.69 Å². The van der Waals surface area contributed by atoms with Crippen LogP contribution in [0.25, 0.3) is 0 Å². The van der Waals surface area contributed by atoms with E-state index in [1.54, 1.807) is 6.07 Å². The number of Topliss-reactive ketones (excluding diaryl/α,β-unsaturated/α-hetero) is 1. The van der Waals surface area contributed by atoms with Gasteiger partial charge < -0.3 is 4.74 Å². The summed E-state index contributed by atoms with van der Waals surface area (Å²) in [5.74, 6) is 1.15. The van der Waals surface area contributed by atoms with Crippen molar-refractivity contribution in [2.75, 3.05) is 0 Å². The molecule has 0 aliphatic heterocycles. The molecule has 1 heterocycles. The van der Waals surface area contributed by atoms with Crippen LogP contribution in [0.5, 0.6) is 11.6 Å². The summed E-state index contributed by atoms with van der Waals surface area (Å²) < 4.78 is 5.60. The molecule has 0 saturated heterocycles. The Morgan fingerprint density at radius 2 is 2.04 bits per heavy atom. The normalized spacial score (nSPS) is 13.7. The molecule has 1 aliphatic carbocycles. The highest BCUT2D eigenvalue weighted by Crippen LogP contribution is 2.39. The molecule has 7 nitrogen and oxygen atoms in total. The third kappa shape index (κ3) is 3.33. The first-order valence-electron chi connectivity index (χ1n) is 7.27. The van der Waals surface area contributed by atoms with Crippen molar-refractivity contribution < 1.29 is 14.5 Å². The quantitative estimate of drug-likeness (QED) is 0.476. The van der Waals surface area contributed by atoms with Gasteiger partial charge in [0.2, 0.25) is 11.6 Å². The maximum atomic E-state index is 11.4. The summed E-state index contributed by atoms with van der Waals surface area (Å²) in [6.07, 6.45) is 2.10. The molecule has 0 spiro atoms. The Kier molecular flexibility index (Phi) is 3.77. The second kappa shape index (κ2) is 5.75. The van der Waals surface area contributed by atoms with E-state index in [4.69, 9.17) is 4.74 Å². The van der Waals surface area contributed by atoms with E-state index in [2.05, 4.69) is 9.97 Å². The van der Waals surface area contributed by atoms with Crippen LogP contribution in [0.1, 0.15) is 47.6 Å². The van der Waals surface area contributed by atoms with Crippen molar-refractivity contribution in [1.29, 1.82) is 0 Å². The number of aromatic nitrogens is 2. The SMILES string of the molecule is CC(=O)c1ccc(Oc2cc(C)nc(C3CC3)n2)c([N+](=O)[O-])c1.